The molecule has 1 amide bonds. The molecule has 0 radical (unpaired) electrons. The predicted octanol–water partition coefficient (Wildman–Crippen LogP) is 3.24. The zero-order valence-corrected chi connectivity index (χ0v) is 14.1. The number of carbonyl (C=O) groups excluding carboxylic acids is 1. The average Bonchev–Trinajstić information content (AvgIpc) is 3.09. The van der Waals surface area contributed by atoms with Gasteiger partial charge in [0.25, 0.3) is 5.91 Å². The Hall–Kier alpha value is -2.72. The van der Waals surface area contributed by atoms with Crippen molar-refractivity contribution < 1.29 is 4.79 Å². The molecule has 4 heteroatoms. The Bertz CT molecular complexity index is 873. The number of fused-ring (bicyclic) bond motifs is 1. The summed E-state index contributed by atoms with van der Waals surface area (Å²) in [5.74, 6) is -0.0802. The van der Waals surface area contributed by atoms with E-state index in [0.717, 1.165) is 36.8 Å². The number of nitrogens with one attached hydrogen (secondary N) is 1. The molecule has 1 unspecified atom stereocenters. The Morgan fingerprint density at radius 1 is 1.08 bits per heavy atom. The second-order valence-electron chi connectivity index (χ2n) is 6.56. The quantitative estimate of drug-likeness (QED) is 0.798. The summed E-state index contributed by atoms with van der Waals surface area (Å²) >= 11 is 0. The highest BCUT2D eigenvalue weighted by Gasteiger charge is 2.25. The Morgan fingerprint density at radius 3 is 2.76 bits per heavy atom. The van der Waals surface area contributed by atoms with Crippen LogP contribution in [0, 0.1) is 0 Å². The molecule has 4 rings (SSSR count). The molecule has 2 heterocycles. The van der Waals surface area contributed by atoms with Crippen LogP contribution in [0.1, 0.15) is 22.5 Å². The molecule has 2 aromatic carbocycles. The molecule has 4 nitrogen and oxygen atoms in total. The summed E-state index contributed by atoms with van der Waals surface area (Å²) < 4.78 is 0. The molecule has 1 aliphatic heterocycles. The van der Waals surface area contributed by atoms with Gasteiger partial charge >= 0.3 is 0 Å². The van der Waals surface area contributed by atoms with Gasteiger partial charge in [0.05, 0.1) is 0 Å². The summed E-state index contributed by atoms with van der Waals surface area (Å²) in [5, 5.41) is 5.11. The Morgan fingerprint density at radius 2 is 1.88 bits per heavy atom. The number of likely N-dealkylation sites (tertiary alicyclic amines) is 1. The van der Waals surface area contributed by atoms with Crippen LogP contribution in [0.5, 0.6) is 0 Å². The van der Waals surface area contributed by atoms with E-state index >= 15 is 0 Å². The standard InChI is InChI=1S/C21H21N3O/c25-21(20-19-9-5-4-8-17(19)10-12-22-20)23-18-11-13-24(15-18)14-16-6-2-1-3-7-16/h1-10,12,18H,11,13-15H2,(H,23,25). The van der Waals surface area contributed by atoms with E-state index in [9.17, 15) is 4.79 Å². The van der Waals surface area contributed by atoms with Crippen molar-refractivity contribution in [3.8, 4) is 0 Å². The molecule has 1 atom stereocenters. The Kier molecular flexibility index (Phi) is 4.44. The highest BCUT2D eigenvalue weighted by molar-refractivity contribution is 6.05. The molecule has 1 aliphatic rings. The van der Waals surface area contributed by atoms with Crippen LogP contribution in [-0.4, -0.2) is 34.9 Å². The third-order valence-corrected chi connectivity index (χ3v) is 4.75. The number of hydrogen-bond donors (Lipinski definition) is 1. The highest BCUT2D eigenvalue weighted by Crippen LogP contribution is 2.18. The molecule has 0 saturated carbocycles. The third-order valence-electron chi connectivity index (χ3n) is 4.75. The molecule has 0 aliphatic carbocycles. The maximum atomic E-state index is 12.7. The number of hydrogen-bond acceptors (Lipinski definition) is 3. The Labute approximate surface area is 147 Å². The number of pyridine rings is 1. The molecule has 0 bridgehead atoms. The fraction of sp³-hybridized carbons (Fsp3) is 0.238. The fourth-order valence-corrected chi connectivity index (χ4v) is 3.49. The molecule has 126 valence electrons. The van der Waals surface area contributed by atoms with E-state index in [1.54, 1.807) is 6.20 Å². The van der Waals surface area contributed by atoms with Gasteiger partial charge in [0.2, 0.25) is 0 Å². The lowest BCUT2D eigenvalue weighted by molar-refractivity contribution is 0.0934. The molecular weight excluding hydrogens is 310 g/mol. The third kappa shape index (κ3) is 3.54. The summed E-state index contributed by atoms with van der Waals surface area (Å²) in [6, 6.07) is 20.4. The number of aromatic nitrogens is 1. The second kappa shape index (κ2) is 7.03. The highest BCUT2D eigenvalue weighted by atomic mass is 16.2. The van der Waals surface area contributed by atoms with E-state index in [-0.39, 0.29) is 11.9 Å². The summed E-state index contributed by atoms with van der Waals surface area (Å²) in [5.41, 5.74) is 1.82. The van der Waals surface area contributed by atoms with Gasteiger partial charge in [-0.1, -0.05) is 54.6 Å². The van der Waals surface area contributed by atoms with Gasteiger partial charge in [0.15, 0.2) is 0 Å². The second-order valence-corrected chi connectivity index (χ2v) is 6.56. The Balaban J connectivity index is 1.41. The van der Waals surface area contributed by atoms with Crippen molar-refractivity contribution in [1.29, 1.82) is 0 Å². The minimum absolute atomic E-state index is 0.0802. The van der Waals surface area contributed by atoms with Crippen molar-refractivity contribution in [2.75, 3.05) is 13.1 Å². The number of amides is 1. The van der Waals surface area contributed by atoms with Crippen molar-refractivity contribution in [2.45, 2.75) is 19.0 Å². The SMILES string of the molecule is O=C(NC1CCN(Cc2ccccc2)C1)c1nccc2ccccc12. The number of rotatable bonds is 4. The van der Waals surface area contributed by atoms with Gasteiger partial charge in [0.1, 0.15) is 5.69 Å². The van der Waals surface area contributed by atoms with E-state index < -0.39 is 0 Å². The first-order valence-corrected chi connectivity index (χ1v) is 8.70. The fourth-order valence-electron chi connectivity index (χ4n) is 3.49. The largest absolute Gasteiger partial charge is 0.347 e. The lowest BCUT2D eigenvalue weighted by atomic mass is 10.1. The van der Waals surface area contributed by atoms with Gasteiger partial charge in [-0.05, 0) is 23.4 Å². The average molecular weight is 331 g/mol. The van der Waals surface area contributed by atoms with Crippen LogP contribution in [0.25, 0.3) is 10.8 Å². The van der Waals surface area contributed by atoms with Crippen LogP contribution in [0.15, 0.2) is 66.9 Å². The van der Waals surface area contributed by atoms with Crippen LogP contribution < -0.4 is 5.32 Å². The van der Waals surface area contributed by atoms with E-state index in [2.05, 4.69) is 39.5 Å². The molecule has 3 aromatic rings. The van der Waals surface area contributed by atoms with Gasteiger partial charge in [-0.3, -0.25) is 14.7 Å². The maximum absolute atomic E-state index is 12.7. The molecule has 1 fully saturated rings. The van der Waals surface area contributed by atoms with Gasteiger partial charge in [0, 0.05) is 37.3 Å². The normalized spacial score (nSPS) is 17.7. The van der Waals surface area contributed by atoms with E-state index in [1.165, 1.54) is 5.56 Å². The first-order chi connectivity index (χ1) is 12.3. The molecule has 1 aromatic heterocycles. The lowest BCUT2D eigenvalue weighted by Gasteiger charge is -2.17. The zero-order valence-electron chi connectivity index (χ0n) is 14.1. The first kappa shape index (κ1) is 15.8. The predicted molar refractivity (Wildman–Crippen MR) is 99.3 cm³/mol. The van der Waals surface area contributed by atoms with Crippen molar-refractivity contribution in [2.24, 2.45) is 0 Å². The summed E-state index contributed by atoms with van der Waals surface area (Å²) in [6.45, 7) is 2.81. The van der Waals surface area contributed by atoms with Gasteiger partial charge in [-0.15, -0.1) is 0 Å². The summed E-state index contributed by atoms with van der Waals surface area (Å²) in [6.07, 6.45) is 2.68. The number of benzene rings is 2. The van der Waals surface area contributed by atoms with Crippen LogP contribution in [0.4, 0.5) is 0 Å². The molecule has 1 N–H and O–H groups in total. The van der Waals surface area contributed by atoms with Crippen molar-refractivity contribution in [3.05, 3.63) is 78.1 Å². The number of carbonyl (C=O) groups is 1. The van der Waals surface area contributed by atoms with Crippen molar-refractivity contribution in [1.82, 2.24) is 15.2 Å². The van der Waals surface area contributed by atoms with E-state index in [0.29, 0.717) is 5.69 Å². The van der Waals surface area contributed by atoms with Crippen molar-refractivity contribution in [3.63, 3.8) is 0 Å². The molecule has 25 heavy (non-hydrogen) atoms. The van der Waals surface area contributed by atoms with Crippen molar-refractivity contribution >= 4 is 16.7 Å². The minimum Gasteiger partial charge on any atom is -0.347 e. The smallest absolute Gasteiger partial charge is 0.270 e. The van der Waals surface area contributed by atoms with Crippen LogP contribution in [0.3, 0.4) is 0 Å². The topological polar surface area (TPSA) is 45.2 Å². The van der Waals surface area contributed by atoms with Gasteiger partial charge in [-0.2, -0.15) is 0 Å². The van der Waals surface area contributed by atoms with E-state index in [1.807, 2.05) is 36.4 Å². The molecular formula is C21H21N3O. The first-order valence-electron chi connectivity index (χ1n) is 8.70. The summed E-state index contributed by atoms with van der Waals surface area (Å²) in [4.78, 5) is 19.4. The zero-order chi connectivity index (χ0) is 17.1. The van der Waals surface area contributed by atoms with Crippen LogP contribution in [-0.2, 0) is 6.54 Å². The van der Waals surface area contributed by atoms with Gasteiger partial charge < -0.3 is 5.32 Å². The molecule has 1 saturated heterocycles. The van der Waals surface area contributed by atoms with E-state index in [4.69, 9.17) is 0 Å². The van der Waals surface area contributed by atoms with Crippen LogP contribution >= 0.6 is 0 Å². The minimum atomic E-state index is -0.0802. The maximum Gasteiger partial charge on any atom is 0.270 e. The monoisotopic (exact) mass is 331 g/mol. The van der Waals surface area contributed by atoms with Gasteiger partial charge in [-0.25, -0.2) is 0 Å². The molecule has 0 spiro atoms. The van der Waals surface area contributed by atoms with Crippen LogP contribution in [0.2, 0.25) is 0 Å². The number of nitrogens with zero attached hydrogens (tertiary/aromatic N) is 2. The summed E-state index contributed by atoms with van der Waals surface area (Å²) in [7, 11) is 0. The lowest BCUT2D eigenvalue weighted by Crippen LogP contribution is -2.37.